The van der Waals surface area contributed by atoms with E-state index in [0.717, 1.165) is 11.7 Å². The highest BCUT2D eigenvalue weighted by atomic mass is 32.1. The highest BCUT2D eigenvalue weighted by molar-refractivity contribution is 7.16. The summed E-state index contributed by atoms with van der Waals surface area (Å²) in [6.07, 6.45) is 1.64. The van der Waals surface area contributed by atoms with Gasteiger partial charge in [0.25, 0.3) is 0 Å². The molecule has 4 nitrogen and oxygen atoms in total. The standard InChI is InChI=1S/C14H13N3OS/c15-8-12-9-16-14(19-12)17-6-7-18-10-13(17)11-4-2-1-3-5-11/h1-5,9,13H,6-7,10H2. The van der Waals surface area contributed by atoms with E-state index in [2.05, 4.69) is 28.1 Å². The number of morpholine rings is 1. The molecule has 1 saturated heterocycles. The number of rotatable bonds is 2. The van der Waals surface area contributed by atoms with Crippen molar-refractivity contribution in [1.29, 1.82) is 5.26 Å². The van der Waals surface area contributed by atoms with Crippen LogP contribution in [0, 0.1) is 11.3 Å². The topological polar surface area (TPSA) is 49.2 Å². The fourth-order valence-electron chi connectivity index (χ4n) is 2.23. The van der Waals surface area contributed by atoms with Gasteiger partial charge in [0.2, 0.25) is 0 Å². The molecule has 1 aliphatic rings. The summed E-state index contributed by atoms with van der Waals surface area (Å²) in [5.41, 5.74) is 1.22. The zero-order valence-corrected chi connectivity index (χ0v) is 11.1. The Bertz CT molecular complexity index is 590. The summed E-state index contributed by atoms with van der Waals surface area (Å²) >= 11 is 1.44. The van der Waals surface area contributed by atoms with Crippen molar-refractivity contribution < 1.29 is 4.74 Å². The molecule has 2 heterocycles. The molecule has 0 N–H and O–H groups in total. The average Bonchev–Trinajstić information content (AvgIpc) is 2.97. The minimum Gasteiger partial charge on any atom is -0.377 e. The number of aromatic nitrogens is 1. The van der Waals surface area contributed by atoms with E-state index >= 15 is 0 Å². The zero-order chi connectivity index (χ0) is 13.1. The lowest BCUT2D eigenvalue weighted by molar-refractivity contribution is 0.0941. The normalized spacial score (nSPS) is 19.1. The van der Waals surface area contributed by atoms with E-state index in [1.807, 2.05) is 18.2 Å². The molecule has 1 aromatic carbocycles. The molecule has 0 aliphatic carbocycles. The summed E-state index contributed by atoms with van der Waals surface area (Å²) in [6.45, 7) is 2.16. The Morgan fingerprint density at radius 1 is 1.37 bits per heavy atom. The second kappa shape index (κ2) is 5.39. The fraction of sp³-hybridized carbons (Fsp3) is 0.286. The molecular weight excluding hydrogens is 258 g/mol. The molecule has 96 valence electrons. The Hall–Kier alpha value is -1.90. The molecule has 19 heavy (non-hydrogen) atoms. The molecule has 1 fully saturated rings. The maximum atomic E-state index is 8.91. The molecule has 0 amide bonds. The number of benzene rings is 1. The molecule has 1 aliphatic heterocycles. The second-order valence-electron chi connectivity index (χ2n) is 4.31. The van der Waals surface area contributed by atoms with Crippen LogP contribution in [0.5, 0.6) is 0 Å². The van der Waals surface area contributed by atoms with Gasteiger partial charge in [0.15, 0.2) is 5.13 Å². The zero-order valence-electron chi connectivity index (χ0n) is 10.3. The van der Waals surface area contributed by atoms with Gasteiger partial charge in [-0.3, -0.25) is 0 Å². The van der Waals surface area contributed by atoms with E-state index in [4.69, 9.17) is 10.00 Å². The minimum atomic E-state index is 0.174. The van der Waals surface area contributed by atoms with Crippen LogP contribution >= 0.6 is 11.3 Å². The van der Waals surface area contributed by atoms with Crippen molar-refractivity contribution in [3.8, 4) is 6.07 Å². The molecule has 1 atom stereocenters. The van der Waals surface area contributed by atoms with Crippen molar-refractivity contribution in [2.24, 2.45) is 0 Å². The summed E-state index contributed by atoms with van der Waals surface area (Å²) in [4.78, 5) is 7.23. The first-order chi connectivity index (χ1) is 9.38. The Morgan fingerprint density at radius 2 is 2.21 bits per heavy atom. The predicted octanol–water partition coefficient (Wildman–Crippen LogP) is 2.59. The first-order valence-electron chi connectivity index (χ1n) is 6.14. The number of hydrogen-bond donors (Lipinski definition) is 0. The van der Waals surface area contributed by atoms with Gasteiger partial charge in [-0.15, -0.1) is 0 Å². The van der Waals surface area contributed by atoms with Gasteiger partial charge in [0.05, 0.1) is 25.5 Å². The average molecular weight is 271 g/mol. The Morgan fingerprint density at radius 3 is 2.95 bits per heavy atom. The van der Waals surface area contributed by atoms with Crippen LogP contribution in [0.3, 0.4) is 0 Å². The molecule has 3 rings (SSSR count). The monoisotopic (exact) mass is 271 g/mol. The molecular formula is C14H13N3OS. The van der Waals surface area contributed by atoms with Crippen molar-refractivity contribution in [2.45, 2.75) is 6.04 Å². The molecule has 0 bridgehead atoms. The van der Waals surface area contributed by atoms with Crippen LogP contribution in [0.2, 0.25) is 0 Å². The molecule has 0 radical (unpaired) electrons. The molecule has 5 heteroatoms. The first-order valence-corrected chi connectivity index (χ1v) is 6.95. The highest BCUT2D eigenvalue weighted by Crippen LogP contribution is 2.32. The largest absolute Gasteiger partial charge is 0.377 e. The first kappa shape index (κ1) is 12.2. The smallest absolute Gasteiger partial charge is 0.187 e. The van der Waals surface area contributed by atoms with Gasteiger partial charge < -0.3 is 9.64 Å². The molecule has 0 saturated carbocycles. The van der Waals surface area contributed by atoms with Crippen molar-refractivity contribution in [3.05, 3.63) is 47.0 Å². The molecule has 1 unspecified atom stereocenters. The van der Waals surface area contributed by atoms with E-state index in [1.165, 1.54) is 16.9 Å². The second-order valence-corrected chi connectivity index (χ2v) is 5.32. The van der Waals surface area contributed by atoms with Crippen LogP contribution in [0.15, 0.2) is 36.5 Å². The van der Waals surface area contributed by atoms with Gasteiger partial charge in [-0.05, 0) is 5.56 Å². The maximum Gasteiger partial charge on any atom is 0.187 e. The molecule has 2 aromatic rings. The fourth-order valence-corrected chi connectivity index (χ4v) is 3.02. The summed E-state index contributed by atoms with van der Waals surface area (Å²) in [5, 5.41) is 9.81. The van der Waals surface area contributed by atoms with E-state index in [-0.39, 0.29) is 6.04 Å². The van der Waals surface area contributed by atoms with Gasteiger partial charge in [0, 0.05) is 6.54 Å². The van der Waals surface area contributed by atoms with Crippen molar-refractivity contribution in [2.75, 3.05) is 24.7 Å². The Kier molecular flexibility index (Phi) is 3.45. The number of anilines is 1. The van der Waals surface area contributed by atoms with Gasteiger partial charge >= 0.3 is 0 Å². The Labute approximate surface area is 115 Å². The maximum absolute atomic E-state index is 8.91. The lowest BCUT2D eigenvalue weighted by atomic mass is 10.1. The van der Waals surface area contributed by atoms with Crippen LogP contribution in [-0.2, 0) is 4.74 Å². The van der Waals surface area contributed by atoms with Crippen LogP contribution in [0.25, 0.3) is 0 Å². The van der Waals surface area contributed by atoms with Crippen LogP contribution < -0.4 is 4.90 Å². The van der Waals surface area contributed by atoms with Crippen molar-refractivity contribution in [3.63, 3.8) is 0 Å². The lowest BCUT2D eigenvalue weighted by Crippen LogP contribution is -2.39. The summed E-state index contributed by atoms with van der Waals surface area (Å²) in [6, 6.07) is 12.6. The number of nitrogens with zero attached hydrogens (tertiary/aromatic N) is 3. The van der Waals surface area contributed by atoms with Gasteiger partial charge in [-0.2, -0.15) is 5.26 Å². The quantitative estimate of drug-likeness (QED) is 0.842. The summed E-state index contributed by atoms with van der Waals surface area (Å²) in [7, 11) is 0. The predicted molar refractivity (Wildman–Crippen MR) is 74.2 cm³/mol. The van der Waals surface area contributed by atoms with Crippen molar-refractivity contribution in [1.82, 2.24) is 4.98 Å². The number of thiazole rings is 1. The third kappa shape index (κ3) is 2.46. The van der Waals surface area contributed by atoms with Crippen LogP contribution in [0.1, 0.15) is 16.5 Å². The van der Waals surface area contributed by atoms with Crippen LogP contribution in [0.4, 0.5) is 5.13 Å². The molecule has 1 aromatic heterocycles. The van der Waals surface area contributed by atoms with E-state index < -0.39 is 0 Å². The van der Waals surface area contributed by atoms with Gasteiger partial charge in [-0.25, -0.2) is 4.98 Å². The third-order valence-corrected chi connectivity index (χ3v) is 4.10. The van der Waals surface area contributed by atoms with Crippen LogP contribution in [-0.4, -0.2) is 24.7 Å². The van der Waals surface area contributed by atoms with Gasteiger partial charge in [-0.1, -0.05) is 41.7 Å². The summed E-state index contributed by atoms with van der Waals surface area (Å²) in [5.74, 6) is 0. The lowest BCUT2D eigenvalue weighted by Gasteiger charge is -2.35. The SMILES string of the molecule is N#Cc1cnc(N2CCOCC2c2ccccc2)s1. The van der Waals surface area contributed by atoms with Crippen molar-refractivity contribution >= 4 is 16.5 Å². The number of nitriles is 1. The Balaban J connectivity index is 1.91. The number of ether oxygens (including phenoxy) is 1. The van der Waals surface area contributed by atoms with E-state index in [1.54, 1.807) is 6.20 Å². The van der Waals surface area contributed by atoms with Gasteiger partial charge in [0.1, 0.15) is 10.9 Å². The van der Waals surface area contributed by atoms with E-state index in [0.29, 0.717) is 18.1 Å². The van der Waals surface area contributed by atoms with E-state index in [9.17, 15) is 0 Å². The summed E-state index contributed by atoms with van der Waals surface area (Å²) < 4.78 is 5.59. The molecule has 0 spiro atoms. The highest BCUT2D eigenvalue weighted by Gasteiger charge is 2.26. The third-order valence-electron chi connectivity index (χ3n) is 3.16. The minimum absolute atomic E-state index is 0.174. The number of hydrogen-bond acceptors (Lipinski definition) is 5.